The minimum atomic E-state index is 0.724. The Kier molecular flexibility index (Phi) is 5.16. The molecule has 0 aliphatic carbocycles. The van der Waals surface area contributed by atoms with Gasteiger partial charge < -0.3 is 9.80 Å². The molecule has 114 valence electrons. The summed E-state index contributed by atoms with van der Waals surface area (Å²) in [5.41, 5.74) is 2.73. The lowest BCUT2D eigenvalue weighted by Crippen LogP contribution is -2.48. The lowest BCUT2D eigenvalue weighted by Gasteiger charge is -2.36. The molecular weight excluding hydrogens is 262 g/mol. The zero-order valence-electron chi connectivity index (χ0n) is 13.6. The highest BCUT2D eigenvalue weighted by molar-refractivity contribution is 5.58. The fraction of sp³-hybridized carbons (Fsp3) is 0.625. The summed E-state index contributed by atoms with van der Waals surface area (Å²) in [4.78, 5) is 11.6. The Morgan fingerprint density at radius 3 is 2.48 bits per heavy atom. The summed E-state index contributed by atoms with van der Waals surface area (Å²) in [6.07, 6.45) is 0. The second-order valence-corrected chi connectivity index (χ2v) is 6.02. The number of rotatable bonds is 4. The van der Waals surface area contributed by atoms with Crippen molar-refractivity contribution in [3.05, 3.63) is 22.9 Å². The summed E-state index contributed by atoms with van der Waals surface area (Å²) in [5, 5.41) is 9.39. The van der Waals surface area contributed by atoms with Gasteiger partial charge in [-0.25, -0.2) is 4.98 Å². The van der Waals surface area contributed by atoms with Gasteiger partial charge in [0.25, 0.3) is 0 Å². The van der Waals surface area contributed by atoms with Crippen molar-refractivity contribution >= 4 is 5.82 Å². The third kappa shape index (κ3) is 3.93. The van der Waals surface area contributed by atoms with Crippen molar-refractivity contribution in [3.63, 3.8) is 0 Å². The first-order chi connectivity index (χ1) is 10.0. The van der Waals surface area contributed by atoms with E-state index >= 15 is 0 Å². The maximum atomic E-state index is 9.39. The lowest BCUT2D eigenvalue weighted by molar-refractivity contribution is 0.229. The van der Waals surface area contributed by atoms with E-state index < -0.39 is 0 Å². The molecule has 0 amide bonds. The molecule has 0 radical (unpaired) electrons. The molecular formula is C16H25N5. The molecule has 5 heteroatoms. The van der Waals surface area contributed by atoms with E-state index in [-0.39, 0.29) is 0 Å². The van der Waals surface area contributed by atoms with Crippen LogP contribution in [0, 0.1) is 25.2 Å². The van der Waals surface area contributed by atoms with E-state index in [0.717, 1.165) is 61.9 Å². The first-order valence-electron chi connectivity index (χ1n) is 7.51. The molecule has 0 unspecified atom stereocenters. The van der Waals surface area contributed by atoms with Crippen LogP contribution in [0.5, 0.6) is 0 Å². The summed E-state index contributed by atoms with van der Waals surface area (Å²) in [6.45, 7) is 10.1. The number of nitrogens with zero attached hydrogens (tertiary/aromatic N) is 5. The molecule has 2 rings (SSSR count). The van der Waals surface area contributed by atoms with E-state index in [0.29, 0.717) is 0 Å². The summed E-state index contributed by atoms with van der Waals surface area (Å²) < 4.78 is 0. The summed E-state index contributed by atoms with van der Waals surface area (Å²) in [6, 6.07) is 4.30. The largest absolute Gasteiger partial charge is 0.353 e. The average molecular weight is 287 g/mol. The van der Waals surface area contributed by atoms with Gasteiger partial charge in [0.05, 0.1) is 5.56 Å². The molecule has 1 saturated heterocycles. The molecule has 0 aromatic carbocycles. The van der Waals surface area contributed by atoms with Gasteiger partial charge in [-0.05, 0) is 39.6 Å². The fourth-order valence-corrected chi connectivity index (χ4v) is 2.71. The summed E-state index contributed by atoms with van der Waals surface area (Å²) in [7, 11) is 4.21. The van der Waals surface area contributed by atoms with Crippen LogP contribution in [-0.2, 0) is 0 Å². The molecule has 0 bridgehead atoms. The Hall–Kier alpha value is -1.64. The van der Waals surface area contributed by atoms with Crippen molar-refractivity contribution in [3.8, 4) is 6.07 Å². The third-order valence-corrected chi connectivity index (χ3v) is 3.97. The van der Waals surface area contributed by atoms with Gasteiger partial charge in [0.15, 0.2) is 0 Å². The number of hydrogen-bond donors (Lipinski definition) is 0. The lowest BCUT2D eigenvalue weighted by atomic mass is 10.1. The normalized spacial score (nSPS) is 16.3. The highest BCUT2D eigenvalue weighted by Crippen LogP contribution is 2.22. The van der Waals surface area contributed by atoms with Crippen LogP contribution in [0.1, 0.15) is 16.8 Å². The van der Waals surface area contributed by atoms with Crippen molar-refractivity contribution in [1.29, 1.82) is 5.26 Å². The highest BCUT2D eigenvalue weighted by atomic mass is 15.3. The van der Waals surface area contributed by atoms with Crippen molar-refractivity contribution in [2.45, 2.75) is 13.8 Å². The monoisotopic (exact) mass is 287 g/mol. The number of piperazine rings is 1. The molecule has 5 nitrogen and oxygen atoms in total. The Morgan fingerprint density at radius 1 is 1.24 bits per heavy atom. The predicted octanol–water partition coefficient (Wildman–Crippen LogP) is 1.25. The van der Waals surface area contributed by atoms with Gasteiger partial charge in [0, 0.05) is 45.0 Å². The van der Waals surface area contributed by atoms with Crippen LogP contribution >= 0.6 is 0 Å². The zero-order valence-corrected chi connectivity index (χ0v) is 13.6. The van der Waals surface area contributed by atoms with Crippen LogP contribution in [-0.4, -0.2) is 68.1 Å². The molecule has 2 heterocycles. The van der Waals surface area contributed by atoms with E-state index in [4.69, 9.17) is 0 Å². The van der Waals surface area contributed by atoms with Crippen LogP contribution in [0.25, 0.3) is 0 Å². The van der Waals surface area contributed by atoms with Gasteiger partial charge in [-0.15, -0.1) is 0 Å². The maximum absolute atomic E-state index is 9.39. The van der Waals surface area contributed by atoms with Crippen molar-refractivity contribution in [2.24, 2.45) is 0 Å². The Labute approximate surface area is 127 Å². The third-order valence-electron chi connectivity index (χ3n) is 3.97. The number of hydrogen-bond acceptors (Lipinski definition) is 5. The van der Waals surface area contributed by atoms with Crippen molar-refractivity contribution < 1.29 is 0 Å². The Bertz CT molecular complexity index is 524. The van der Waals surface area contributed by atoms with Gasteiger partial charge in [0.2, 0.25) is 0 Å². The number of pyridine rings is 1. The van der Waals surface area contributed by atoms with Crippen LogP contribution in [0.4, 0.5) is 5.82 Å². The molecule has 21 heavy (non-hydrogen) atoms. The van der Waals surface area contributed by atoms with Crippen LogP contribution in [0.2, 0.25) is 0 Å². The predicted molar refractivity (Wildman–Crippen MR) is 85.6 cm³/mol. The maximum Gasteiger partial charge on any atom is 0.147 e. The molecule has 0 saturated carbocycles. The molecule has 1 fully saturated rings. The van der Waals surface area contributed by atoms with Gasteiger partial charge in [-0.2, -0.15) is 5.26 Å². The van der Waals surface area contributed by atoms with Crippen LogP contribution in [0.3, 0.4) is 0 Å². The number of aryl methyl sites for hydroxylation is 2. The van der Waals surface area contributed by atoms with E-state index in [2.05, 4.69) is 39.8 Å². The number of aromatic nitrogens is 1. The average Bonchev–Trinajstić information content (AvgIpc) is 2.45. The van der Waals surface area contributed by atoms with E-state index in [1.54, 1.807) is 0 Å². The molecule has 0 N–H and O–H groups in total. The number of nitriles is 1. The second kappa shape index (κ2) is 6.88. The van der Waals surface area contributed by atoms with Gasteiger partial charge in [-0.3, -0.25) is 4.90 Å². The van der Waals surface area contributed by atoms with Gasteiger partial charge >= 0.3 is 0 Å². The number of likely N-dealkylation sites (N-methyl/N-ethyl adjacent to an activating group) is 1. The smallest absolute Gasteiger partial charge is 0.147 e. The SMILES string of the molecule is Cc1cc(C)c(C#N)c(N2CCN(CCN(C)C)CC2)n1. The van der Waals surface area contributed by atoms with Crippen molar-refractivity contribution in [2.75, 3.05) is 58.3 Å². The first kappa shape index (κ1) is 15.7. The fourth-order valence-electron chi connectivity index (χ4n) is 2.71. The Morgan fingerprint density at radius 2 is 1.90 bits per heavy atom. The molecule has 1 aliphatic rings. The van der Waals surface area contributed by atoms with Crippen LogP contribution in [0.15, 0.2) is 6.07 Å². The van der Waals surface area contributed by atoms with E-state index in [9.17, 15) is 5.26 Å². The zero-order chi connectivity index (χ0) is 15.4. The van der Waals surface area contributed by atoms with Crippen molar-refractivity contribution in [1.82, 2.24) is 14.8 Å². The number of anilines is 1. The molecule has 1 aromatic heterocycles. The van der Waals surface area contributed by atoms with Crippen LogP contribution < -0.4 is 4.90 Å². The molecule has 1 aromatic rings. The van der Waals surface area contributed by atoms with Gasteiger partial charge in [0.1, 0.15) is 11.9 Å². The molecule has 1 aliphatic heterocycles. The molecule has 0 atom stereocenters. The summed E-state index contributed by atoms with van der Waals surface area (Å²) in [5.74, 6) is 0.863. The minimum Gasteiger partial charge on any atom is -0.353 e. The second-order valence-electron chi connectivity index (χ2n) is 6.02. The standard InChI is InChI=1S/C16H25N5/c1-13-11-14(2)18-16(15(13)12-17)21-9-7-20(8-10-21)6-5-19(3)4/h11H,5-10H2,1-4H3. The minimum absolute atomic E-state index is 0.724. The topological polar surface area (TPSA) is 46.4 Å². The van der Waals surface area contributed by atoms with E-state index in [1.807, 2.05) is 19.9 Å². The molecule has 0 spiro atoms. The van der Waals surface area contributed by atoms with Gasteiger partial charge in [-0.1, -0.05) is 0 Å². The van der Waals surface area contributed by atoms with E-state index in [1.165, 1.54) is 0 Å². The highest BCUT2D eigenvalue weighted by Gasteiger charge is 2.21. The quantitative estimate of drug-likeness (QED) is 0.834. The summed E-state index contributed by atoms with van der Waals surface area (Å²) >= 11 is 0. The first-order valence-corrected chi connectivity index (χ1v) is 7.51. The Balaban J connectivity index is 2.04.